The summed E-state index contributed by atoms with van der Waals surface area (Å²) in [6.07, 6.45) is 3.66. The van der Waals surface area contributed by atoms with Crippen LogP contribution in [-0.4, -0.2) is 36.2 Å². The largest absolute Gasteiger partial charge is 0.324 e. The summed E-state index contributed by atoms with van der Waals surface area (Å²) in [5.74, 6) is 0.543. The summed E-state index contributed by atoms with van der Waals surface area (Å²) in [6.45, 7) is 4.01. The van der Waals surface area contributed by atoms with Crippen molar-refractivity contribution in [1.29, 1.82) is 0 Å². The number of rotatable bonds is 4. The molecule has 3 heterocycles. The number of nitrogens with one attached hydrogen (secondary N) is 2. The molecular weight excluding hydrogens is 358 g/mol. The predicted octanol–water partition coefficient (Wildman–Crippen LogP) is 2.67. The number of anilines is 2. The Morgan fingerprint density at radius 2 is 1.79 bits per heavy atom. The van der Waals surface area contributed by atoms with Crippen molar-refractivity contribution in [3.63, 3.8) is 0 Å². The van der Waals surface area contributed by atoms with Crippen molar-refractivity contribution in [1.82, 2.24) is 30.0 Å². The molecule has 9 heteroatoms. The van der Waals surface area contributed by atoms with E-state index in [0.29, 0.717) is 5.95 Å². The van der Waals surface area contributed by atoms with E-state index in [9.17, 15) is 0 Å². The van der Waals surface area contributed by atoms with Crippen LogP contribution in [0.3, 0.4) is 0 Å². The van der Waals surface area contributed by atoms with E-state index in [1.54, 1.807) is 16.9 Å². The molecule has 4 rings (SSSR count). The first-order valence-corrected chi connectivity index (χ1v) is 8.43. The van der Waals surface area contributed by atoms with Gasteiger partial charge >= 0.3 is 0 Å². The Kier molecular flexibility index (Phi) is 5.87. The highest BCUT2D eigenvalue weighted by Crippen LogP contribution is 2.23. The van der Waals surface area contributed by atoms with Gasteiger partial charge in [0.15, 0.2) is 5.65 Å². The van der Waals surface area contributed by atoms with Crippen molar-refractivity contribution < 1.29 is 10.0 Å². The van der Waals surface area contributed by atoms with Crippen LogP contribution in [0.15, 0.2) is 54.9 Å². The number of hydrogen-bond donors (Lipinski definition) is 3. The van der Waals surface area contributed by atoms with Crippen LogP contribution >= 0.6 is 0 Å². The van der Waals surface area contributed by atoms with Gasteiger partial charge in [0, 0.05) is 18.1 Å². The van der Waals surface area contributed by atoms with Crippen LogP contribution in [0.1, 0.15) is 11.3 Å². The highest BCUT2D eigenvalue weighted by atomic mass is 16.5. The summed E-state index contributed by atoms with van der Waals surface area (Å²) >= 11 is 0. The van der Waals surface area contributed by atoms with Crippen LogP contribution in [0.5, 0.6) is 0 Å². The van der Waals surface area contributed by atoms with E-state index >= 15 is 0 Å². The molecule has 1 aromatic carbocycles. The van der Waals surface area contributed by atoms with Gasteiger partial charge in [-0.2, -0.15) is 5.10 Å². The molecule has 142 valence electrons. The predicted molar refractivity (Wildman–Crippen MR) is 104 cm³/mol. The number of carbonyl (C=O) groups excluding carboxylic acids is 1. The number of hydroxylamine groups is 1. The maximum atomic E-state index is 8.81. The molecule has 0 unspecified atom stereocenters. The minimum absolute atomic E-state index is 0.181. The van der Waals surface area contributed by atoms with Crippen LogP contribution in [0, 0.1) is 13.8 Å². The molecule has 4 aromatic rings. The molecule has 0 aliphatic carbocycles. The van der Waals surface area contributed by atoms with Crippen LogP contribution in [0.2, 0.25) is 0 Å². The second kappa shape index (κ2) is 8.69. The topological polar surface area (TPSA) is 117 Å². The molecule has 0 bridgehead atoms. The van der Waals surface area contributed by atoms with E-state index in [1.165, 1.54) is 11.0 Å². The van der Waals surface area contributed by atoms with Crippen molar-refractivity contribution in [3.05, 3.63) is 66.1 Å². The van der Waals surface area contributed by atoms with Crippen LogP contribution in [0.25, 0.3) is 17.0 Å². The minimum atomic E-state index is 0.181. The van der Waals surface area contributed by atoms with Crippen LogP contribution in [-0.2, 0) is 4.79 Å². The summed E-state index contributed by atoms with van der Waals surface area (Å²) in [5, 5.41) is 14.9. The maximum absolute atomic E-state index is 8.81. The summed E-state index contributed by atoms with van der Waals surface area (Å²) in [5.41, 5.74) is 6.75. The molecule has 0 fully saturated rings. The molecule has 28 heavy (non-hydrogen) atoms. The minimum Gasteiger partial charge on any atom is -0.324 e. The zero-order valence-electron chi connectivity index (χ0n) is 15.4. The molecule has 9 nitrogen and oxygen atoms in total. The Balaban J connectivity index is 0.000000516. The molecule has 0 spiro atoms. The number of imidazole rings is 1. The van der Waals surface area contributed by atoms with Gasteiger partial charge < -0.3 is 5.32 Å². The first-order chi connectivity index (χ1) is 13.6. The third-order valence-corrected chi connectivity index (χ3v) is 3.83. The van der Waals surface area contributed by atoms with E-state index in [2.05, 4.69) is 32.3 Å². The van der Waals surface area contributed by atoms with Crippen molar-refractivity contribution in [2.24, 2.45) is 0 Å². The lowest BCUT2D eigenvalue weighted by atomic mass is 10.2. The van der Waals surface area contributed by atoms with Crippen molar-refractivity contribution in [2.45, 2.75) is 13.8 Å². The fourth-order valence-electron chi connectivity index (χ4n) is 2.61. The molecule has 0 aliphatic rings. The monoisotopic (exact) mass is 377 g/mol. The van der Waals surface area contributed by atoms with E-state index in [-0.39, 0.29) is 6.41 Å². The quantitative estimate of drug-likeness (QED) is 0.284. The van der Waals surface area contributed by atoms with E-state index in [0.717, 1.165) is 28.4 Å². The Hall–Kier alpha value is -3.85. The average Bonchev–Trinajstić information content (AvgIpc) is 3.06. The van der Waals surface area contributed by atoms with Gasteiger partial charge in [0.1, 0.15) is 5.69 Å². The molecule has 1 amide bonds. The van der Waals surface area contributed by atoms with Gasteiger partial charge in [-0.25, -0.2) is 24.9 Å². The standard InChI is InChI=1S/C18H16N6.CH3NO2/c1-12-5-7-14(8-6-12)22-18-19-11-9-15(23-18)17-13(2)21-16-4-3-10-20-24(16)17;3-1-2-4/h3-11H,1-2H3,(H,19,22,23);1,4H,(H,2,3). The normalized spacial score (nSPS) is 10.1. The van der Waals surface area contributed by atoms with Gasteiger partial charge in [0.2, 0.25) is 12.4 Å². The summed E-state index contributed by atoms with van der Waals surface area (Å²) in [7, 11) is 0. The smallest absolute Gasteiger partial charge is 0.230 e. The number of hydrogen-bond acceptors (Lipinski definition) is 7. The third-order valence-electron chi connectivity index (χ3n) is 3.83. The van der Waals surface area contributed by atoms with Crippen LogP contribution < -0.4 is 10.8 Å². The number of aromatic nitrogens is 5. The maximum Gasteiger partial charge on any atom is 0.230 e. The molecule has 3 aromatic heterocycles. The van der Waals surface area contributed by atoms with E-state index in [1.807, 2.05) is 49.4 Å². The molecular formula is C19H19N7O2. The molecule has 0 saturated heterocycles. The summed E-state index contributed by atoms with van der Waals surface area (Å²) < 4.78 is 1.80. The zero-order chi connectivity index (χ0) is 19.9. The zero-order valence-corrected chi connectivity index (χ0v) is 15.4. The van der Waals surface area contributed by atoms with Crippen LogP contribution in [0.4, 0.5) is 11.6 Å². The van der Waals surface area contributed by atoms with Gasteiger partial charge in [-0.15, -0.1) is 0 Å². The lowest BCUT2D eigenvalue weighted by Gasteiger charge is -2.07. The highest BCUT2D eigenvalue weighted by Gasteiger charge is 2.13. The first kappa shape index (κ1) is 18.9. The molecule has 0 saturated carbocycles. The lowest BCUT2D eigenvalue weighted by Crippen LogP contribution is -2.00. The Morgan fingerprint density at radius 3 is 2.50 bits per heavy atom. The van der Waals surface area contributed by atoms with Gasteiger partial charge in [0.05, 0.1) is 11.4 Å². The first-order valence-electron chi connectivity index (χ1n) is 8.43. The number of benzene rings is 1. The van der Waals surface area contributed by atoms with Gasteiger partial charge in [-0.3, -0.25) is 10.0 Å². The molecule has 3 N–H and O–H groups in total. The van der Waals surface area contributed by atoms with E-state index in [4.69, 9.17) is 10.0 Å². The number of carbonyl (C=O) groups is 1. The molecule has 0 atom stereocenters. The molecule has 0 aliphatic heterocycles. The average molecular weight is 377 g/mol. The second-order valence-corrected chi connectivity index (χ2v) is 5.84. The number of aryl methyl sites for hydroxylation is 2. The Labute approximate surface area is 161 Å². The van der Waals surface area contributed by atoms with Gasteiger partial charge in [0.25, 0.3) is 0 Å². The second-order valence-electron chi connectivity index (χ2n) is 5.84. The summed E-state index contributed by atoms with van der Waals surface area (Å²) in [6, 6.07) is 13.8. The number of nitrogens with zero attached hydrogens (tertiary/aromatic N) is 5. The van der Waals surface area contributed by atoms with Crippen molar-refractivity contribution in [2.75, 3.05) is 5.32 Å². The Bertz CT molecular complexity index is 1080. The third kappa shape index (κ3) is 4.27. The highest BCUT2D eigenvalue weighted by molar-refractivity contribution is 5.64. The molecule has 0 radical (unpaired) electrons. The summed E-state index contributed by atoms with van der Waals surface area (Å²) in [4.78, 5) is 22.3. The fraction of sp³-hybridized carbons (Fsp3) is 0.105. The van der Waals surface area contributed by atoms with Gasteiger partial charge in [-0.05, 0) is 44.2 Å². The SMILES string of the molecule is Cc1ccc(Nc2nccc(-c3c(C)nc4cccnn34)n2)cc1.O=CNO. The van der Waals surface area contributed by atoms with Crippen molar-refractivity contribution in [3.8, 4) is 11.4 Å². The van der Waals surface area contributed by atoms with Gasteiger partial charge in [-0.1, -0.05) is 17.7 Å². The fourth-order valence-corrected chi connectivity index (χ4v) is 2.61. The van der Waals surface area contributed by atoms with E-state index < -0.39 is 0 Å². The van der Waals surface area contributed by atoms with Crippen molar-refractivity contribution >= 4 is 23.7 Å². The lowest BCUT2D eigenvalue weighted by molar-refractivity contribution is -0.116. The number of fused-ring (bicyclic) bond motifs is 1. The Morgan fingerprint density at radius 1 is 1.04 bits per heavy atom. The number of amides is 1.